The molecule has 2 atom stereocenters. The normalized spacial score (nSPS) is 23.2. The SMILES string of the molecule is CC1CCCC1Nc1ccc(S(=O)(=O)N(C)C)cc1N. The molecule has 0 saturated heterocycles. The molecule has 0 bridgehead atoms. The maximum absolute atomic E-state index is 12.0. The fraction of sp³-hybridized carbons (Fsp3) is 0.571. The van der Waals surface area contributed by atoms with Crippen molar-refractivity contribution in [3.63, 3.8) is 0 Å². The third-order valence-electron chi connectivity index (χ3n) is 4.00. The minimum atomic E-state index is -3.43. The van der Waals surface area contributed by atoms with Gasteiger partial charge >= 0.3 is 0 Å². The highest BCUT2D eigenvalue weighted by atomic mass is 32.2. The van der Waals surface area contributed by atoms with E-state index in [4.69, 9.17) is 5.73 Å². The van der Waals surface area contributed by atoms with E-state index in [2.05, 4.69) is 12.2 Å². The van der Waals surface area contributed by atoms with Crippen LogP contribution >= 0.6 is 0 Å². The first-order valence-electron chi connectivity index (χ1n) is 6.91. The fourth-order valence-electron chi connectivity index (χ4n) is 2.60. The van der Waals surface area contributed by atoms with E-state index in [0.717, 1.165) is 12.1 Å². The molecule has 0 aromatic heterocycles. The number of rotatable bonds is 4. The summed E-state index contributed by atoms with van der Waals surface area (Å²) in [7, 11) is -0.405. The lowest BCUT2D eigenvalue weighted by molar-refractivity contribution is 0.521. The Kier molecular flexibility index (Phi) is 4.25. The Hall–Kier alpha value is -1.27. The van der Waals surface area contributed by atoms with E-state index in [0.29, 0.717) is 17.6 Å². The molecule has 0 heterocycles. The summed E-state index contributed by atoms with van der Waals surface area (Å²) >= 11 is 0. The summed E-state index contributed by atoms with van der Waals surface area (Å²) < 4.78 is 25.3. The summed E-state index contributed by atoms with van der Waals surface area (Å²) in [6.07, 6.45) is 3.59. The maximum atomic E-state index is 12.0. The summed E-state index contributed by atoms with van der Waals surface area (Å²) in [4.78, 5) is 0.227. The fourth-order valence-corrected chi connectivity index (χ4v) is 3.54. The van der Waals surface area contributed by atoms with Crippen LogP contribution < -0.4 is 11.1 Å². The Balaban J connectivity index is 2.22. The zero-order valence-corrected chi connectivity index (χ0v) is 13.1. The third-order valence-corrected chi connectivity index (χ3v) is 5.82. The first kappa shape index (κ1) is 15.1. The van der Waals surface area contributed by atoms with Crippen molar-refractivity contribution in [1.82, 2.24) is 4.31 Å². The molecule has 20 heavy (non-hydrogen) atoms. The van der Waals surface area contributed by atoms with E-state index < -0.39 is 10.0 Å². The minimum Gasteiger partial charge on any atom is -0.397 e. The molecule has 0 amide bonds. The molecule has 5 nitrogen and oxygen atoms in total. The monoisotopic (exact) mass is 297 g/mol. The van der Waals surface area contributed by atoms with Gasteiger partial charge in [-0.25, -0.2) is 12.7 Å². The van der Waals surface area contributed by atoms with Crippen molar-refractivity contribution in [2.24, 2.45) is 5.92 Å². The lowest BCUT2D eigenvalue weighted by Crippen LogP contribution is -2.24. The summed E-state index contributed by atoms with van der Waals surface area (Å²) in [6, 6.07) is 5.32. The van der Waals surface area contributed by atoms with Crippen LogP contribution in [0.3, 0.4) is 0 Å². The molecule has 2 unspecified atom stereocenters. The van der Waals surface area contributed by atoms with Gasteiger partial charge in [0.1, 0.15) is 0 Å². The van der Waals surface area contributed by atoms with Crippen LogP contribution in [0.5, 0.6) is 0 Å². The van der Waals surface area contributed by atoms with Gasteiger partial charge < -0.3 is 11.1 Å². The molecule has 6 heteroatoms. The Labute approximate surface area is 121 Å². The molecule has 1 aliphatic rings. The quantitative estimate of drug-likeness (QED) is 0.835. The van der Waals surface area contributed by atoms with Crippen molar-refractivity contribution >= 4 is 21.4 Å². The number of anilines is 2. The molecule has 0 spiro atoms. The molecule has 1 aromatic rings. The number of benzene rings is 1. The second-order valence-corrected chi connectivity index (χ2v) is 7.85. The molecular weight excluding hydrogens is 274 g/mol. The van der Waals surface area contributed by atoms with E-state index in [1.165, 1.54) is 37.3 Å². The predicted octanol–water partition coefficient (Wildman–Crippen LogP) is 2.12. The van der Waals surface area contributed by atoms with E-state index in [9.17, 15) is 8.42 Å². The van der Waals surface area contributed by atoms with Crippen LogP contribution in [0.25, 0.3) is 0 Å². The highest BCUT2D eigenvalue weighted by Gasteiger charge is 2.24. The van der Waals surface area contributed by atoms with Gasteiger partial charge in [0.15, 0.2) is 0 Å². The van der Waals surface area contributed by atoms with E-state index in [1.807, 2.05) is 0 Å². The summed E-state index contributed by atoms with van der Waals surface area (Å²) in [5, 5.41) is 3.43. The van der Waals surface area contributed by atoms with E-state index in [1.54, 1.807) is 12.1 Å². The molecule has 1 fully saturated rings. The first-order valence-corrected chi connectivity index (χ1v) is 8.35. The molecule has 0 radical (unpaired) electrons. The molecule has 2 rings (SSSR count). The summed E-state index contributed by atoms with van der Waals surface area (Å²) in [6.45, 7) is 2.23. The number of nitrogen functional groups attached to an aromatic ring is 1. The van der Waals surface area contributed by atoms with Gasteiger partial charge in [-0.2, -0.15) is 0 Å². The highest BCUT2D eigenvalue weighted by Crippen LogP contribution is 2.31. The smallest absolute Gasteiger partial charge is 0.242 e. The zero-order valence-electron chi connectivity index (χ0n) is 12.3. The van der Waals surface area contributed by atoms with Gasteiger partial charge in [-0.15, -0.1) is 0 Å². The molecule has 112 valence electrons. The van der Waals surface area contributed by atoms with Crippen LogP contribution in [0.4, 0.5) is 11.4 Å². The number of sulfonamides is 1. The summed E-state index contributed by atoms with van der Waals surface area (Å²) in [5.74, 6) is 0.625. The van der Waals surface area contributed by atoms with Gasteiger partial charge in [-0.3, -0.25) is 0 Å². The van der Waals surface area contributed by atoms with Crippen molar-refractivity contribution < 1.29 is 8.42 Å². The first-order chi connectivity index (χ1) is 9.32. The Morgan fingerprint density at radius 2 is 2.00 bits per heavy atom. The van der Waals surface area contributed by atoms with E-state index in [-0.39, 0.29) is 4.90 Å². The van der Waals surface area contributed by atoms with Crippen LogP contribution in [0, 0.1) is 5.92 Å². The number of hydrogen-bond acceptors (Lipinski definition) is 4. The summed E-state index contributed by atoms with van der Waals surface area (Å²) in [5.41, 5.74) is 7.30. The lowest BCUT2D eigenvalue weighted by Gasteiger charge is -2.20. The molecule has 0 aliphatic heterocycles. The van der Waals surface area contributed by atoms with Crippen LogP contribution in [0.15, 0.2) is 23.1 Å². The Morgan fingerprint density at radius 1 is 1.30 bits per heavy atom. The third kappa shape index (κ3) is 2.91. The number of nitrogens with zero attached hydrogens (tertiary/aromatic N) is 1. The molecular formula is C14H23N3O2S. The number of hydrogen-bond donors (Lipinski definition) is 2. The van der Waals surface area contributed by atoms with Crippen molar-refractivity contribution in [2.75, 3.05) is 25.1 Å². The average molecular weight is 297 g/mol. The average Bonchev–Trinajstić information content (AvgIpc) is 2.77. The van der Waals surface area contributed by atoms with Gasteiger partial charge in [0.2, 0.25) is 10.0 Å². The largest absolute Gasteiger partial charge is 0.397 e. The number of nitrogens with two attached hydrogens (primary N) is 1. The molecule has 1 aliphatic carbocycles. The molecule has 1 saturated carbocycles. The van der Waals surface area contributed by atoms with Gasteiger partial charge in [-0.05, 0) is 37.0 Å². The van der Waals surface area contributed by atoms with Crippen LogP contribution in [0.1, 0.15) is 26.2 Å². The van der Waals surface area contributed by atoms with E-state index >= 15 is 0 Å². The zero-order chi connectivity index (χ0) is 14.9. The highest BCUT2D eigenvalue weighted by molar-refractivity contribution is 7.89. The molecule has 3 N–H and O–H groups in total. The van der Waals surface area contributed by atoms with Crippen molar-refractivity contribution in [3.05, 3.63) is 18.2 Å². The second-order valence-electron chi connectivity index (χ2n) is 5.70. The van der Waals surface area contributed by atoms with Gasteiger partial charge in [0.25, 0.3) is 0 Å². The van der Waals surface area contributed by atoms with Crippen LogP contribution in [0.2, 0.25) is 0 Å². The Morgan fingerprint density at radius 3 is 2.50 bits per heavy atom. The van der Waals surface area contributed by atoms with Crippen molar-refractivity contribution in [3.8, 4) is 0 Å². The van der Waals surface area contributed by atoms with Crippen molar-refractivity contribution in [1.29, 1.82) is 0 Å². The lowest BCUT2D eigenvalue weighted by atomic mass is 10.1. The maximum Gasteiger partial charge on any atom is 0.242 e. The standard InChI is InChI=1S/C14H23N3O2S/c1-10-5-4-6-13(10)16-14-8-7-11(9-12(14)15)20(18,19)17(2)3/h7-10,13,16H,4-6,15H2,1-3H3. The van der Waals surface area contributed by atoms with Crippen LogP contribution in [-0.2, 0) is 10.0 Å². The topological polar surface area (TPSA) is 75.4 Å². The van der Waals surface area contributed by atoms with Gasteiger partial charge in [0, 0.05) is 20.1 Å². The van der Waals surface area contributed by atoms with Gasteiger partial charge in [0.05, 0.1) is 16.3 Å². The second kappa shape index (κ2) is 5.61. The Bertz CT molecular complexity index is 584. The molecule has 1 aromatic carbocycles. The number of nitrogens with one attached hydrogen (secondary N) is 1. The minimum absolute atomic E-state index is 0.227. The van der Waals surface area contributed by atoms with Crippen molar-refractivity contribution in [2.45, 2.75) is 37.1 Å². The van der Waals surface area contributed by atoms with Gasteiger partial charge in [-0.1, -0.05) is 13.3 Å². The predicted molar refractivity (Wildman–Crippen MR) is 82.2 cm³/mol. The van der Waals surface area contributed by atoms with Crippen LogP contribution in [-0.4, -0.2) is 32.9 Å².